The van der Waals surface area contributed by atoms with Gasteiger partial charge < -0.3 is 10.6 Å². The molecule has 2 N–H and O–H groups in total. The minimum absolute atomic E-state index is 0. The van der Waals surface area contributed by atoms with Crippen LogP contribution < -0.4 is 5.73 Å². The molecule has 2 atom stereocenters. The SMILES string of the molecule is Cl.NCCc1nc(C(=O)N2CC3CCC2C3)cs1. The Balaban J connectivity index is 0.00000120. The fraction of sp³-hybridized carbons (Fsp3) is 0.667. The van der Waals surface area contributed by atoms with Gasteiger partial charge in [0, 0.05) is 24.4 Å². The zero-order valence-corrected chi connectivity index (χ0v) is 11.8. The van der Waals surface area contributed by atoms with Gasteiger partial charge in [-0.05, 0) is 31.7 Å². The third kappa shape index (κ3) is 2.39. The number of nitrogens with zero attached hydrogens (tertiary/aromatic N) is 2. The zero-order chi connectivity index (χ0) is 11.8. The van der Waals surface area contributed by atoms with E-state index in [0.29, 0.717) is 18.3 Å². The van der Waals surface area contributed by atoms with E-state index < -0.39 is 0 Å². The predicted molar refractivity (Wildman–Crippen MR) is 74.3 cm³/mol. The number of piperidine rings is 1. The molecule has 0 spiro atoms. The number of hydrogen-bond donors (Lipinski definition) is 1. The van der Waals surface area contributed by atoms with Gasteiger partial charge in [-0.2, -0.15) is 0 Å². The van der Waals surface area contributed by atoms with Crippen LogP contribution in [-0.4, -0.2) is 34.9 Å². The van der Waals surface area contributed by atoms with Gasteiger partial charge in [0.05, 0.1) is 5.01 Å². The number of halogens is 1. The number of amides is 1. The highest BCUT2D eigenvalue weighted by Gasteiger charge is 2.40. The molecular formula is C12H18ClN3OS. The van der Waals surface area contributed by atoms with E-state index in [0.717, 1.165) is 23.9 Å². The first-order chi connectivity index (χ1) is 8.28. The van der Waals surface area contributed by atoms with Crippen molar-refractivity contribution in [3.05, 3.63) is 16.1 Å². The van der Waals surface area contributed by atoms with Crippen LogP contribution in [0.3, 0.4) is 0 Å². The normalized spacial score (nSPS) is 25.3. The van der Waals surface area contributed by atoms with Crippen molar-refractivity contribution in [3.8, 4) is 0 Å². The fourth-order valence-corrected chi connectivity index (χ4v) is 3.76. The van der Waals surface area contributed by atoms with Crippen LogP contribution in [0.15, 0.2) is 5.38 Å². The van der Waals surface area contributed by atoms with Crippen LogP contribution in [0.25, 0.3) is 0 Å². The van der Waals surface area contributed by atoms with Crippen molar-refractivity contribution in [2.45, 2.75) is 31.7 Å². The molecule has 2 fully saturated rings. The van der Waals surface area contributed by atoms with E-state index in [1.54, 1.807) is 11.3 Å². The number of fused-ring (bicyclic) bond motifs is 2. The second kappa shape index (κ2) is 5.55. The third-order valence-electron chi connectivity index (χ3n) is 3.80. The minimum atomic E-state index is 0. The Morgan fingerprint density at radius 2 is 2.39 bits per heavy atom. The lowest BCUT2D eigenvalue weighted by atomic mass is 10.1. The largest absolute Gasteiger partial charge is 0.334 e. The molecule has 2 heterocycles. The molecule has 1 saturated carbocycles. The highest BCUT2D eigenvalue weighted by atomic mass is 35.5. The van der Waals surface area contributed by atoms with Crippen LogP contribution in [0, 0.1) is 5.92 Å². The molecule has 1 saturated heterocycles. The molecule has 1 aromatic rings. The van der Waals surface area contributed by atoms with Crippen LogP contribution >= 0.6 is 23.7 Å². The number of thiazole rings is 1. The molecule has 0 aromatic carbocycles. The van der Waals surface area contributed by atoms with E-state index in [1.165, 1.54) is 19.3 Å². The van der Waals surface area contributed by atoms with E-state index in [9.17, 15) is 4.79 Å². The summed E-state index contributed by atoms with van der Waals surface area (Å²) >= 11 is 1.54. The Hall–Kier alpha value is -0.650. The Bertz CT molecular complexity index is 437. The van der Waals surface area contributed by atoms with Gasteiger partial charge in [-0.15, -0.1) is 23.7 Å². The minimum Gasteiger partial charge on any atom is -0.334 e. The molecule has 1 amide bonds. The topological polar surface area (TPSA) is 59.2 Å². The van der Waals surface area contributed by atoms with Crippen molar-refractivity contribution in [1.29, 1.82) is 0 Å². The van der Waals surface area contributed by atoms with Crippen molar-refractivity contribution >= 4 is 29.7 Å². The molecular weight excluding hydrogens is 270 g/mol. The molecule has 1 aliphatic carbocycles. The van der Waals surface area contributed by atoms with Crippen LogP contribution in [-0.2, 0) is 6.42 Å². The zero-order valence-electron chi connectivity index (χ0n) is 10.2. The summed E-state index contributed by atoms with van der Waals surface area (Å²) in [6, 6.07) is 0.479. The van der Waals surface area contributed by atoms with Gasteiger partial charge in [0.2, 0.25) is 0 Å². The number of likely N-dealkylation sites (tertiary alicyclic amines) is 1. The van der Waals surface area contributed by atoms with Crippen molar-refractivity contribution in [1.82, 2.24) is 9.88 Å². The molecule has 2 unspecified atom stereocenters. The number of nitrogens with two attached hydrogens (primary N) is 1. The second-order valence-corrected chi connectivity index (χ2v) is 5.90. The summed E-state index contributed by atoms with van der Waals surface area (Å²) in [5.74, 6) is 0.864. The van der Waals surface area contributed by atoms with E-state index in [-0.39, 0.29) is 18.3 Å². The summed E-state index contributed by atoms with van der Waals surface area (Å²) in [4.78, 5) is 18.7. The lowest BCUT2D eigenvalue weighted by Gasteiger charge is -2.26. The van der Waals surface area contributed by atoms with E-state index >= 15 is 0 Å². The Labute approximate surface area is 117 Å². The molecule has 0 radical (unpaired) electrons. The van der Waals surface area contributed by atoms with Gasteiger partial charge in [0.15, 0.2) is 0 Å². The number of hydrogen-bond acceptors (Lipinski definition) is 4. The standard InChI is InChI=1S/C12H17N3OS.ClH/c13-4-3-11-14-10(7-17-11)12(16)15-6-8-1-2-9(15)5-8;/h7-9H,1-6,13H2;1H. The first kappa shape index (κ1) is 13.8. The van der Waals surface area contributed by atoms with Gasteiger partial charge >= 0.3 is 0 Å². The van der Waals surface area contributed by atoms with Crippen LogP contribution in [0.2, 0.25) is 0 Å². The van der Waals surface area contributed by atoms with E-state index in [4.69, 9.17) is 5.73 Å². The van der Waals surface area contributed by atoms with Crippen LogP contribution in [0.5, 0.6) is 0 Å². The van der Waals surface area contributed by atoms with Gasteiger partial charge in [-0.3, -0.25) is 4.79 Å². The third-order valence-corrected chi connectivity index (χ3v) is 4.71. The summed E-state index contributed by atoms with van der Waals surface area (Å²) in [5, 5.41) is 2.85. The highest BCUT2D eigenvalue weighted by Crippen LogP contribution is 2.38. The maximum Gasteiger partial charge on any atom is 0.273 e. The van der Waals surface area contributed by atoms with Crippen LogP contribution in [0.4, 0.5) is 0 Å². The lowest BCUT2D eigenvalue weighted by molar-refractivity contribution is 0.0698. The monoisotopic (exact) mass is 287 g/mol. The quantitative estimate of drug-likeness (QED) is 0.920. The van der Waals surface area contributed by atoms with Crippen LogP contribution in [0.1, 0.15) is 34.8 Å². The van der Waals surface area contributed by atoms with Crippen molar-refractivity contribution in [2.24, 2.45) is 11.7 Å². The van der Waals surface area contributed by atoms with Crippen molar-refractivity contribution < 1.29 is 4.79 Å². The maximum absolute atomic E-state index is 12.3. The summed E-state index contributed by atoms with van der Waals surface area (Å²) in [6.45, 7) is 1.53. The Morgan fingerprint density at radius 3 is 3.00 bits per heavy atom. The average Bonchev–Trinajstić information content (AvgIpc) is 3.03. The molecule has 2 bridgehead atoms. The molecule has 18 heavy (non-hydrogen) atoms. The highest BCUT2D eigenvalue weighted by molar-refractivity contribution is 7.09. The molecule has 4 nitrogen and oxygen atoms in total. The molecule has 1 aliphatic heterocycles. The first-order valence-corrected chi connectivity index (χ1v) is 7.11. The maximum atomic E-state index is 12.3. The summed E-state index contributed by atoms with van der Waals surface area (Å²) in [6.07, 6.45) is 4.44. The van der Waals surface area contributed by atoms with Crippen molar-refractivity contribution in [3.63, 3.8) is 0 Å². The summed E-state index contributed by atoms with van der Waals surface area (Å²) in [7, 11) is 0. The molecule has 3 rings (SSSR count). The summed E-state index contributed by atoms with van der Waals surface area (Å²) < 4.78 is 0. The van der Waals surface area contributed by atoms with Gasteiger partial charge in [-0.25, -0.2) is 4.98 Å². The lowest BCUT2D eigenvalue weighted by Crippen LogP contribution is -2.37. The van der Waals surface area contributed by atoms with Gasteiger partial charge in [-0.1, -0.05) is 0 Å². The Kier molecular flexibility index (Phi) is 4.25. The number of rotatable bonds is 3. The number of aromatic nitrogens is 1. The molecule has 1 aromatic heterocycles. The molecule has 2 aliphatic rings. The number of carbonyl (C=O) groups is 1. The molecule has 100 valence electrons. The van der Waals surface area contributed by atoms with E-state index in [1.807, 2.05) is 10.3 Å². The van der Waals surface area contributed by atoms with E-state index in [2.05, 4.69) is 4.98 Å². The fourth-order valence-electron chi connectivity index (χ4n) is 2.97. The second-order valence-electron chi connectivity index (χ2n) is 4.96. The smallest absolute Gasteiger partial charge is 0.273 e. The first-order valence-electron chi connectivity index (χ1n) is 6.23. The summed E-state index contributed by atoms with van der Waals surface area (Å²) in [5.41, 5.74) is 6.11. The Morgan fingerprint density at radius 1 is 1.56 bits per heavy atom. The average molecular weight is 288 g/mol. The molecule has 6 heteroatoms. The van der Waals surface area contributed by atoms with Gasteiger partial charge in [0.25, 0.3) is 5.91 Å². The van der Waals surface area contributed by atoms with Gasteiger partial charge in [0.1, 0.15) is 5.69 Å². The predicted octanol–water partition coefficient (Wildman–Crippen LogP) is 1.69. The van der Waals surface area contributed by atoms with Crippen molar-refractivity contribution in [2.75, 3.05) is 13.1 Å². The number of carbonyl (C=O) groups excluding carboxylic acids is 1.